The third-order valence-corrected chi connectivity index (χ3v) is 4.88. The summed E-state index contributed by atoms with van der Waals surface area (Å²) < 4.78 is 2.12. The molecule has 0 amide bonds. The van der Waals surface area contributed by atoms with Crippen LogP contribution in [0.5, 0.6) is 0 Å². The number of hydrogen-bond donors (Lipinski definition) is 0. The van der Waals surface area contributed by atoms with E-state index in [1.54, 1.807) is 11.3 Å². The molecule has 112 valence electrons. The summed E-state index contributed by atoms with van der Waals surface area (Å²) in [6.45, 7) is 4.19. The van der Waals surface area contributed by atoms with Crippen molar-refractivity contribution in [1.82, 2.24) is 4.57 Å². The van der Waals surface area contributed by atoms with E-state index in [2.05, 4.69) is 42.0 Å². The van der Waals surface area contributed by atoms with Crippen molar-refractivity contribution >= 4 is 28.6 Å². The van der Waals surface area contributed by atoms with E-state index >= 15 is 0 Å². The molecule has 0 fully saturated rings. The second kappa shape index (κ2) is 6.11. The van der Waals surface area contributed by atoms with Crippen LogP contribution in [-0.2, 0) is 7.05 Å². The molecule has 2 aromatic carbocycles. The Hall–Kier alpha value is -1.84. The third kappa shape index (κ3) is 2.87. The fourth-order valence-corrected chi connectivity index (χ4v) is 3.47. The third-order valence-electron chi connectivity index (χ3n) is 3.71. The summed E-state index contributed by atoms with van der Waals surface area (Å²) in [6, 6.07) is 14.2. The predicted molar refractivity (Wildman–Crippen MR) is 94.9 cm³/mol. The lowest BCUT2D eigenvalue weighted by atomic mass is 10.1. The molecule has 0 bridgehead atoms. The summed E-state index contributed by atoms with van der Waals surface area (Å²) in [6.07, 6.45) is 0. The molecular weight excluding hydrogens is 312 g/mol. The van der Waals surface area contributed by atoms with Gasteiger partial charge in [0.1, 0.15) is 0 Å². The molecule has 0 radical (unpaired) electrons. The van der Waals surface area contributed by atoms with Gasteiger partial charge >= 0.3 is 0 Å². The van der Waals surface area contributed by atoms with Gasteiger partial charge < -0.3 is 4.57 Å². The molecule has 1 heterocycles. The standard InChI is InChI=1S/C18H17ClN2S/c1-12-5-4-6-13(2)17(12)20-18-21(3)16(11-22-18)14-7-9-15(19)10-8-14/h4-11H,1-3H3. The highest BCUT2D eigenvalue weighted by Gasteiger charge is 2.06. The number of nitrogens with zero attached hydrogens (tertiary/aromatic N) is 2. The lowest BCUT2D eigenvalue weighted by molar-refractivity contribution is 0.882. The number of aromatic nitrogens is 1. The number of aryl methyl sites for hydroxylation is 2. The van der Waals surface area contributed by atoms with Crippen molar-refractivity contribution in [1.29, 1.82) is 0 Å². The summed E-state index contributed by atoms with van der Waals surface area (Å²) in [5.74, 6) is 0. The highest BCUT2D eigenvalue weighted by atomic mass is 35.5. The largest absolute Gasteiger partial charge is 0.320 e. The SMILES string of the molecule is Cc1cccc(C)c1N=c1scc(-c2ccc(Cl)cc2)n1C. The van der Waals surface area contributed by atoms with E-state index in [4.69, 9.17) is 16.6 Å². The molecule has 3 aromatic rings. The van der Waals surface area contributed by atoms with Crippen molar-refractivity contribution in [2.24, 2.45) is 12.0 Å². The lowest BCUT2D eigenvalue weighted by Gasteiger charge is -2.05. The smallest absolute Gasteiger partial charge is 0.190 e. The zero-order valence-electron chi connectivity index (χ0n) is 12.8. The molecule has 0 aliphatic rings. The van der Waals surface area contributed by atoms with Gasteiger partial charge in [-0.3, -0.25) is 0 Å². The zero-order chi connectivity index (χ0) is 15.7. The molecule has 1 aromatic heterocycles. The van der Waals surface area contributed by atoms with Crippen molar-refractivity contribution in [3.8, 4) is 11.3 Å². The van der Waals surface area contributed by atoms with Crippen molar-refractivity contribution in [2.75, 3.05) is 0 Å². The fraction of sp³-hybridized carbons (Fsp3) is 0.167. The Labute approximate surface area is 139 Å². The Morgan fingerprint density at radius 2 is 1.64 bits per heavy atom. The average Bonchev–Trinajstić information content (AvgIpc) is 2.85. The second-order valence-corrected chi connectivity index (χ2v) is 6.59. The molecule has 0 N–H and O–H groups in total. The number of benzene rings is 2. The van der Waals surface area contributed by atoms with E-state index in [0.717, 1.165) is 26.8 Å². The Kier molecular flexibility index (Phi) is 4.19. The number of para-hydroxylation sites is 1. The summed E-state index contributed by atoms with van der Waals surface area (Å²) in [5.41, 5.74) is 5.74. The average molecular weight is 329 g/mol. The van der Waals surface area contributed by atoms with Gasteiger partial charge in [0, 0.05) is 17.5 Å². The van der Waals surface area contributed by atoms with Gasteiger partial charge in [-0.1, -0.05) is 41.9 Å². The van der Waals surface area contributed by atoms with Crippen LogP contribution in [0.15, 0.2) is 52.8 Å². The number of hydrogen-bond acceptors (Lipinski definition) is 2. The molecule has 0 aliphatic heterocycles. The minimum Gasteiger partial charge on any atom is -0.320 e. The number of halogens is 1. The summed E-state index contributed by atoms with van der Waals surface area (Å²) in [4.78, 5) is 5.85. The molecule has 3 rings (SSSR count). The van der Waals surface area contributed by atoms with Gasteiger partial charge in [0.2, 0.25) is 0 Å². The van der Waals surface area contributed by atoms with Crippen LogP contribution in [0.25, 0.3) is 11.3 Å². The first-order chi connectivity index (χ1) is 10.6. The molecule has 0 spiro atoms. The van der Waals surface area contributed by atoms with Crippen LogP contribution in [0, 0.1) is 13.8 Å². The van der Waals surface area contributed by atoms with Gasteiger partial charge in [-0.15, -0.1) is 11.3 Å². The van der Waals surface area contributed by atoms with Gasteiger partial charge in [-0.05, 0) is 42.7 Å². The van der Waals surface area contributed by atoms with E-state index in [1.165, 1.54) is 11.1 Å². The first-order valence-corrected chi connectivity index (χ1v) is 8.33. The van der Waals surface area contributed by atoms with E-state index in [-0.39, 0.29) is 0 Å². The number of thiazole rings is 1. The Balaban J connectivity index is 2.11. The van der Waals surface area contributed by atoms with Crippen molar-refractivity contribution in [3.05, 3.63) is 68.8 Å². The van der Waals surface area contributed by atoms with Crippen LogP contribution >= 0.6 is 22.9 Å². The maximum absolute atomic E-state index is 5.96. The Bertz CT molecular complexity index is 853. The first kappa shape index (κ1) is 15.1. The van der Waals surface area contributed by atoms with Gasteiger partial charge in [-0.25, -0.2) is 4.99 Å². The molecule has 0 aliphatic carbocycles. The maximum Gasteiger partial charge on any atom is 0.190 e. The van der Waals surface area contributed by atoms with Crippen LogP contribution in [-0.4, -0.2) is 4.57 Å². The Morgan fingerprint density at radius 3 is 2.27 bits per heavy atom. The minimum atomic E-state index is 0.752. The van der Waals surface area contributed by atoms with Crippen LogP contribution in [0.4, 0.5) is 5.69 Å². The normalized spacial score (nSPS) is 11.9. The summed E-state index contributed by atoms with van der Waals surface area (Å²) in [5, 5.41) is 2.89. The summed E-state index contributed by atoms with van der Waals surface area (Å²) >= 11 is 7.61. The van der Waals surface area contributed by atoms with E-state index in [1.807, 2.05) is 31.3 Å². The molecule has 0 atom stereocenters. The zero-order valence-corrected chi connectivity index (χ0v) is 14.4. The van der Waals surface area contributed by atoms with Crippen LogP contribution < -0.4 is 4.80 Å². The van der Waals surface area contributed by atoms with Crippen molar-refractivity contribution < 1.29 is 0 Å². The summed E-state index contributed by atoms with van der Waals surface area (Å²) in [7, 11) is 2.05. The highest BCUT2D eigenvalue weighted by molar-refractivity contribution is 7.07. The molecule has 4 heteroatoms. The van der Waals surface area contributed by atoms with E-state index in [9.17, 15) is 0 Å². The van der Waals surface area contributed by atoms with E-state index in [0.29, 0.717) is 0 Å². The fourth-order valence-electron chi connectivity index (χ4n) is 2.43. The molecule has 0 unspecified atom stereocenters. The first-order valence-electron chi connectivity index (χ1n) is 7.07. The minimum absolute atomic E-state index is 0.752. The molecular formula is C18H17ClN2S. The van der Waals surface area contributed by atoms with Crippen LogP contribution in [0.1, 0.15) is 11.1 Å². The maximum atomic E-state index is 5.96. The van der Waals surface area contributed by atoms with Crippen molar-refractivity contribution in [3.63, 3.8) is 0 Å². The van der Waals surface area contributed by atoms with E-state index < -0.39 is 0 Å². The van der Waals surface area contributed by atoms with Crippen LogP contribution in [0.3, 0.4) is 0 Å². The Morgan fingerprint density at radius 1 is 1.00 bits per heavy atom. The molecule has 22 heavy (non-hydrogen) atoms. The van der Waals surface area contributed by atoms with Crippen molar-refractivity contribution in [2.45, 2.75) is 13.8 Å². The second-order valence-electron chi connectivity index (χ2n) is 5.32. The van der Waals surface area contributed by atoms with Gasteiger partial charge in [0.15, 0.2) is 4.80 Å². The van der Waals surface area contributed by atoms with Gasteiger partial charge in [0.25, 0.3) is 0 Å². The molecule has 2 nitrogen and oxygen atoms in total. The number of rotatable bonds is 2. The lowest BCUT2D eigenvalue weighted by Crippen LogP contribution is -2.11. The monoisotopic (exact) mass is 328 g/mol. The van der Waals surface area contributed by atoms with Crippen LogP contribution in [0.2, 0.25) is 5.02 Å². The quantitative estimate of drug-likeness (QED) is 0.611. The molecule has 0 saturated carbocycles. The van der Waals surface area contributed by atoms with Gasteiger partial charge in [0.05, 0.1) is 11.4 Å². The topological polar surface area (TPSA) is 17.3 Å². The highest BCUT2D eigenvalue weighted by Crippen LogP contribution is 2.24. The predicted octanol–water partition coefficient (Wildman–Crippen LogP) is 5.26. The van der Waals surface area contributed by atoms with Gasteiger partial charge in [-0.2, -0.15) is 0 Å². The molecule has 0 saturated heterocycles.